The van der Waals surface area contributed by atoms with Crippen molar-refractivity contribution in [2.75, 3.05) is 17.2 Å². The van der Waals surface area contributed by atoms with Crippen LogP contribution in [0.5, 0.6) is 0 Å². The number of para-hydroxylation sites is 1. The van der Waals surface area contributed by atoms with Gasteiger partial charge in [0.15, 0.2) is 0 Å². The molecule has 1 aliphatic rings. The number of nitrogens with two attached hydrogens (primary N) is 1. The fourth-order valence-electron chi connectivity index (χ4n) is 2.61. The Morgan fingerprint density at radius 3 is 2.58 bits per heavy atom. The number of carbonyl (C=O) groups is 1. The van der Waals surface area contributed by atoms with Gasteiger partial charge >= 0.3 is 0 Å². The molecule has 0 saturated heterocycles. The molecule has 3 heteroatoms. The number of fused-ring (bicyclic) bond motifs is 1. The summed E-state index contributed by atoms with van der Waals surface area (Å²) in [5, 5.41) is 0. The van der Waals surface area contributed by atoms with E-state index >= 15 is 0 Å². The van der Waals surface area contributed by atoms with Crippen LogP contribution in [-0.2, 0) is 6.42 Å². The molecule has 0 spiro atoms. The SMILES string of the molecule is Nc1cccc2c1C(=O)N(c1ccccc1)CCC2. The molecule has 3 nitrogen and oxygen atoms in total. The van der Waals surface area contributed by atoms with Crippen LogP contribution in [-0.4, -0.2) is 12.5 Å². The Kier molecular flexibility index (Phi) is 2.95. The number of aryl methyl sites for hydroxylation is 1. The Hall–Kier alpha value is -2.29. The maximum absolute atomic E-state index is 12.7. The van der Waals surface area contributed by atoms with Gasteiger partial charge in [-0.25, -0.2) is 0 Å². The second-order valence-electron chi connectivity index (χ2n) is 4.78. The van der Waals surface area contributed by atoms with Crippen LogP contribution in [0, 0.1) is 0 Å². The summed E-state index contributed by atoms with van der Waals surface area (Å²) < 4.78 is 0. The molecule has 19 heavy (non-hydrogen) atoms. The standard InChI is InChI=1S/C16H16N2O/c17-14-10-4-6-12-7-5-11-18(16(19)15(12)14)13-8-2-1-3-9-13/h1-4,6,8-10H,5,7,11,17H2. The van der Waals surface area contributed by atoms with Gasteiger partial charge in [-0.1, -0.05) is 30.3 Å². The van der Waals surface area contributed by atoms with Crippen molar-refractivity contribution in [3.63, 3.8) is 0 Å². The third kappa shape index (κ3) is 2.08. The van der Waals surface area contributed by atoms with Gasteiger partial charge < -0.3 is 10.6 Å². The first-order valence-corrected chi connectivity index (χ1v) is 6.51. The zero-order valence-corrected chi connectivity index (χ0v) is 10.7. The van der Waals surface area contributed by atoms with Crippen LogP contribution in [0.2, 0.25) is 0 Å². The molecule has 2 N–H and O–H groups in total. The average molecular weight is 252 g/mol. The van der Waals surface area contributed by atoms with Crippen molar-refractivity contribution >= 4 is 17.3 Å². The second-order valence-corrected chi connectivity index (χ2v) is 4.78. The van der Waals surface area contributed by atoms with Crippen LogP contribution >= 0.6 is 0 Å². The molecule has 1 amide bonds. The molecule has 0 saturated carbocycles. The van der Waals surface area contributed by atoms with Crippen LogP contribution < -0.4 is 10.6 Å². The maximum atomic E-state index is 12.7. The lowest BCUT2D eigenvalue weighted by atomic mass is 10.0. The van der Waals surface area contributed by atoms with Gasteiger partial charge in [0.2, 0.25) is 0 Å². The first kappa shape index (κ1) is 11.8. The van der Waals surface area contributed by atoms with E-state index in [4.69, 9.17) is 5.73 Å². The van der Waals surface area contributed by atoms with Gasteiger partial charge in [-0.3, -0.25) is 4.79 Å². The van der Waals surface area contributed by atoms with E-state index in [2.05, 4.69) is 0 Å². The Morgan fingerprint density at radius 1 is 1.00 bits per heavy atom. The highest BCUT2D eigenvalue weighted by molar-refractivity contribution is 6.10. The van der Waals surface area contributed by atoms with E-state index in [-0.39, 0.29) is 5.91 Å². The topological polar surface area (TPSA) is 46.3 Å². The predicted octanol–water partition coefficient (Wildman–Crippen LogP) is 2.86. The summed E-state index contributed by atoms with van der Waals surface area (Å²) in [5.41, 5.74) is 9.23. The van der Waals surface area contributed by atoms with E-state index in [1.54, 1.807) is 6.07 Å². The number of amides is 1. The van der Waals surface area contributed by atoms with Gasteiger partial charge in [0.1, 0.15) is 0 Å². The van der Waals surface area contributed by atoms with Crippen molar-refractivity contribution in [3.05, 3.63) is 59.7 Å². The summed E-state index contributed by atoms with van der Waals surface area (Å²) in [7, 11) is 0. The molecular formula is C16H16N2O. The molecule has 2 aromatic rings. The molecular weight excluding hydrogens is 236 g/mol. The van der Waals surface area contributed by atoms with Crippen molar-refractivity contribution in [1.82, 2.24) is 0 Å². The van der Waals surface area contributed by atoms with Crippen molar-refractivity contribution in [3.8, 4) is 0 Å². The monoisotopic (exact) mass is 252 g/mol. The third-order valence-corrected chi connectivity index (χ3v) is 3.54. The van der Waals surface area contributed by atoms with Gasteiger partial charge in [0.25, 0.3) is 5.91 Å². The summed E-state index contributed by atoms with van der Waals surface area (Å²) in [6, 6.07) is 15.5. The summed E-state index contributed by atoms with van der Waals surface area (Å²) >= 11 is 0. The van der Waals surface area contributed by atoms with Gasteiger partial charge in [0.05, 0.1) is 5.56 Å². The molecule has 1 heterocycles. The zero-order chi connectivity index (χ0) is 13.2. The Labute approximate surface area is 112 Å². The molecule has 0 fully saturated rings. The van der Waals surface area contributed by atoms with Crippen molar-refractivity contribution in [2.24, 2.45) is 0 Å². The summed E-state index contributed by atoms with van der Waals surface area (Å²) in [5.74, 6) is 0.0109. The molecule has 0 aliphatic carbocycles. The van der Waals surface area contributed by atoms with Gasteiger partial charge in [-0.05, 0) is 36.6 Å². The second kappa shape index (κ2) is 4.76. The maximum Gasteiger partial charge on any atom is 0.260 e. The number of rotatable bonds is 1. The van der Waals surface area contributed by atoms with Gasteiger partial charge in [-0.2, -0.15) is 0 Å². The van der Waals surface area contributed by atoms with Crippen molar-refractivity contribution in [2.45, 2.75) is 12.8 Å². The number of carbonyl (C=O) groups excluding carboxylic acids is 1. The molecule has 3 rings (SSSR count). The smallest absolute Gasteiger partial charge is 0.260 e. The minimum atomic E-state index is 0.0109. The predicted molar refractivity (Wildman–Crippen MR) is 77.3 cm³/mol. The number of nitrogens with zero attached hydrogens (tertiary/aromatic N) is 1. The van der Waals surface area contributed by atoms with E-state index in [0.717, 1.165) is 30.6 Å². The highest BCUT2D eigenvalue weighted by atomic mass is 16.2. The summed E-state index contributed by atoms with van der Waals surface area (Å²) in [4.78, 5) is 14.5. The van der Waals surface area contributed by atoms with E-state index < -0.39 is 0 Å². The van der Waals surface area contributed by atoms with Crippen LogP contribution in [0.4, 0.5) is 11.4 Å². The molecule has 0 unspecified atom stereocenters. The van der Waals surface area contributed by atoms with E-state index in [1.807, 2.05) is 47.4 Å². The minimum Gasteiger partial charge on any atom is -0.398 e. The molecule has 0 radical (unpaired) electrons. The summed E-state index contributed by atoms with van der Waals surface area (Å²) in [6.45, 7) is 0.733. The largest absolute Gasteiger partial charge is 0.398 e. The van der Waals surface area contributed by atoms with Crippen molar-refractivity contribution in [1.29, 1.82) is 0 Å². The van der Waals surface area contributed by atoms with Gasteiger partial charge in [-0.15, -0.1) is 0 Å². The number of hydrogen-bond donors (Lipinski definition) is 1. The normalized spacial score (nSPS) is 14.9. The lowest BCUT2D eigenvalue weighted by molar-refractivity contribution is 0.0989. The Morgan fingerprint density at radius 2 is 1.79 bits per heavy atom. The van der Waals surface area contributed by atoms with Crippen LogP contribution in [0.15, 0.2) is 48.5 Å². The quantitative estimate of drug-likeness (QED) is 0.793. The molecule has 96 valence electrons. The van der Waals surface area contributed by atoms with E-state index in [9.17, 15) is 4.79 Å². The Bertz CT molecular complexity index is 607. The van der Waals surface area contributed by atoms with Crippen LogP contribution in [0.3, 0.4) is 0 Å². The molecule has 1 aliphatic heterocycles. The fourth-order valence-corrected chi connectivity index (χ4v) is 2.61. The number of benzene rings is 2. The minimum absolute atomic E-state index is 0.0109. The van der Waals surface area contributed by atoms with Crippen molar-refractivity contribution < 1.29 is 4.79 Å². The van der Waals surface area contributed by atoms with E-state index in [0.29, 0.717) is 11.3 Å². The lowest BCUT2D eigenvalue weighted by Gasteiger charge is -2.21. The highest BCUT2D eigenvalue weighted by Crippen LogP contribution is 2.27. The number of anilines is 2. The third-order valence-electron chi connectivity index (χ3n) is 3.54. The molecule has 0 atom stereocenters. The Balaban J connectivity index is 2.07. The molecule has 2 aromatic carbocycles. The van der Waals surface area contributed by atoms with E-state index in [1.165, 1.54) is 0 Å². The first-order chi connectivity index (χ1) is 9.27. The zero-order valence-electron chi connectivity index (χ0n) is 10.7. The van der Waals surface area contributed by atoms with Crippen LogP contribution in [0.25, 0.3) is 0 Å². The van der Waals surface area contributed by atoms with Crippen LogP contribution in [0.1, 0.15) is 22.3 Å². The molecule has 0 aromatic heterocycles. The summed E-state index contributed by atoms with van der Waals surface area (Å²) in [6.07, 6.45) is 1.85. The molecule has 0 bridgehead atoms. The number of hydrogen-bond acceptors (Lipinski definition) is 2. The first-order valence-electron chi connectivity index (χ1n) is 6.51. The van der Waals surface area contributed by atoms with Gasteiger partial charge in [0, 0.05) is 17.9 Å². The highest BCUT2D eigenvalue weighted by Gasteiger charge is 2.25. The fraction of sp³-hybridized carbons (Fsp3) is 0.188. The average Bonchev–Trinajstić information content (AvgIpc) is 2.60. The lowest BCUT2D eigenvalue weighted by Crippen LogP contribution is -2.31. The number of nitrogen functional groups attached to an aromatic ring is 1.